The largest absolute Gasteiger partial charge is 0.497 e. The van der Waals surface area contributed by atoms with Crippen LogP contribution in [0.4, 0.5) is 4.79 Å². The number of ether oxygens (including phenoxy) is 2. The molecule has 1 aliphatic carbocycles. The van der Waals surface area contributed by atoms with Gasteiger partial charge < -0.3 is 19.8 Å². The summed E-state index contributed by atoms with van der Waals surface area (Å²) in [6, 6.07) is 5.96. The topological polar surface area (TPSA) is 63.3 Å². The van der Waals surface area contributed by atoms with Crippen LogP contribution in [-0.2, 0) is 11.2 Å². The van der Waals surface area contributed by atoms with E-state index in [1.54, 1.807) is 7.11 Å². The Morgan fingerprint density at radius 1 is 1.31 bits per heavy atom. The molecule has 1 aliphatic rings. The molecule has 0 aliphatic heterocycles. The van der Waals surface area contributed by atoms with E-state index in [0.717, 1.165) is 28.6 Å². The summed E-state index contributed by atoms with van der Waals surface area (Å²) >= 11 is 0. The van der Waals surface area contributed by atoms with Gasteiger partial charge in [-0.2, -0.15) is 0 Å². The number of carbonyl (C=O) groups excluding carboxylic acids is 1. The Balaban J connectivity index is 1.42. The summed E-state index contributed by atoms with van der Waals surface area (Å²) in [4.78, 5) is 15.2. The lowest BCUT2D eigenvalue weighted by atomic mass is 9.81. The number of amides is 1. The van der Waals surface area contributed by atoms with Crippen LogP contribution in [0.2, 0.25) is 0 Å². The molecule has 26 heavy (non-hydrogen) atoms. The summed E-state index contributed by atoms with van der Waals surface area (Å²) in [5.41, 5.74) is 2.24. The zero-order valence-electron chi connectivity index (χ0n) is 15.8. The van der Waals surface area contributed by atoms with E-state index in [4.69, 9.17) is 9.47 Å². The van der Waals surface area contributed by atoms with Crippen LogP contribution in [0.1, 0.15) is 44.6 Å². The summed E-state index contributed by atoms with van der Waals surface area (Å²) < 4.78 is 10.7. The highest BCUT2D eigenvalue weighted by Crippen LogP contribution is 2.30. The Morgan fingerprint density at radius 2 is 2.12 bits per heavy atom. The number of aromatic nitrogens is 1. The Hall–Kier alpha value is -2.17. The van der Waals surface area contributed by atoms with Gasteiger partial charge in [-0.25, -0.2) is 4.79 Å². The van der Waals surface area contributed by atoms with E-state index in [-0.39, 0.29) is 6.09 Å². The molecule has 2 N–H and O–H groups in total. The van der Waals surface area contributed by atoms with E-state index in [1.165, 1.54) is 32.1 Å². The number of carbonyl (C=O) groups is 1. The van der Waals surface area contributed by atoms with Crippen molar-refractivity contribution < 1.29 is 14.3 Å². The molecule has 3 rings (SSSR count). The fraction of sp³-hybridized carbons (Fsp3) is 0.571. The maximum atomic E-state index is 12.0. The van der Waals surface area contributed by atoms with Crippen LogP contribution in [0.15, 0.2) is 24.4 Å². The van der Waals surface area contributed by atoms with Crippen LogP contribution < -0.4 is 10.1 Å². The number of rotatable bonds is 7. The minimum Gasteiger partial charge on any atom is -0.497 e. The molecule has 1 aromatic carbocycles. The lowest BCUT2D eigenvalue weighted by Gasteiger charge is -2.27. The lowest BCUT2D eigenvalue weighted by molar-refractivity contribution is 0.106. The second-order valence-electron chi connectivity index (χ2n) is 7.38. The molecule has 0 saturated heterocycles. The van der Waals surface area contributed by atoms with Gasteiger partial charge in [0.25, 0.3) is 0 Å². The van der Waals surface area contributed by atoms with Crippen molar-refractivity contribution in [2.45, 2.75) is 45.4 Å². The van der Waals surface area contributed by atoms with E-state index in [9.17, 15) is 4.79 Å². The molecule has 1 unspecified atom stereocenters. The number of nitrogens with one attached hydrogen (secondary N) is 2. The third-order valence-corrected chi connectivity index (χ3v) is 5.57. The minimum absolute atomic E-state index is 0.315. The Labute approximate surface area is 155 Å². The van der Waals surface area contributed by atoms with E-state index in [0.29, 0.717) is 25.0 Å². The first kappa shape index (κ1) is 18.6. The van der Waals surface area contributed by atoms with Crippen LogP contribution in [0, 0.1) is 11.8 Å². The van der Waals surface area contributed by atoms with Crippen LogP contribution >= 0.6 is 0 Å². The highest BCUT2D eigenvalue weighted by atomic mass is 16.5. The van der Waals surface area contributed by atoms with Crippen LogP contribution in [0.5, 0.6) is 5.75 Å². The van der Waals surface area contributed by atoms with Gasteiger partial charge in [-0.3, -0.25) is 0 Å². The van der Waals surface area contributed by atoms with Gasteiger partial charge in [-0.1, -0.05) is 39.0 Å². The molecular formula is C21H30N2O3. The fourth-order valence-electron chi connectivity index (χ4n) is 3.89. The number of hydrogen-bond donors (Lipinski definition) is 2. The Bertz CT molecular complexity index is 719. The monoisotopic (exact) mass is 358 g/mol. The van der Waals surface area contributed by atoms with Gasteiger partial charge in [0.05, 0.1) is 13.7 Å². The number of H-pyrrole nitrogens is 1. The van der Waals surface area contributed by atoms with Crippen molar-refractivity contribution in [3.8, 4) is 5.75 Å². The first-order valence-electron chi connectivity index (χ1n) is 9.72. The van der Waals surface area contributed by atoms with E-state index < -0.39 is 0 Å². The van der Waals surface area contributed by atoms with Gasteiger partial charge in [-0.15, -0.1) is 0 Å². The zero-order chi connectivity index (χ0) is 18.4. The van der Waals surface area contributed by atoms with Crippen molar-refractivity contribution >= 4 is 17.0 Å². The van der Waals surface area contributed by atoms with Crippen molar-refractivity contribution in [3.05, 3.63) is 30.0 Å². The predicted molar refractivity (Wildman–Crippen MR) is 104 cm³/mol. The number of fused-ring (bicyclic) bond motifs is 1. The summed E-state index contributed by atoms with van der Waals surface area (Å²) in [7, 11) is 1.67. The molecule has 0 bridgehead atoms. The summed E-state index contributed by atoms with van der Waals surface area (Å²) in [5, 5.41) is 4.00. The molecule has 1 fully saturated rings. The summed E-state index contributed by atoms with van der Waals surface area (Å²) in [6.45, 7) is 3.27. The number of alkyl carbamates (subject to hydrolysis) is 1. The average molecular weight is 358 g/mol. The molecule has 2 aromatic rings. The van der Waals surface area contributed by atoms with Crippen LogP contribution in [-0.4, -0.2) is 31.3 Å². The third kappa shape index (κ3) is 4.71. The van der Waals surface area contributed by atoms with Crippen LogP contribution in [0.25, 0.3) is 10.9 Å². The minimum atomic E-state index is -0.315. The molecule has 0 spiro atoms. The lowest BCUT2D eigenvalue weighted by Crippen LogP contribution is -2.29. The second kappa shape index (κ2) is 8.97. The van der Waals surface area contributed by atoms with Crippen molar-refractivity contribution in [2.24, 2.45) is 11.8 Å². The third-order valence-electron chi connectivity index (χ3n) is 5.57. The Morgan fingerprint density at radius 3 is 2.88 bits per heavy atom. The van der Waals surface area contributed by atoms with Gasteiger partial charge >= 0.3 is 6.09 Å². The smallest absolute Gasteiger partial charge is 0.407 e. The maximum Gasteiger partial charge on any atom is 0.407 e. The van der Waals surface area contributed by atoms with Crippen LogP contribution in [0.3, 0.4) is 0 Å². The average Bonchev–Trinajstić information content (AvgIpc) is 3.09. The van der Waals surface area contributed by atoms with E-state index in [2.05, 4.69) is 17.2 Å². The van der Waals surface area contributed by atoms with Gasteiger partial charge in [0.15, 0.2) is 0 Å². The fourth-order valence-corrected chi connectivity index (χ4v) is 3.89. The van der Waals surface area contributed by atoms with Crippen molar-refractivity contribution in [3.63, 3.8) is 0 Å². The molecule has 5 heteroatoms. The molecule has 1 aromatic heterocycles. The first-order chi connectivity index (χ1) is 12.7. The summed E-state index contributed by atoms with van der Waals surface area (Å²) in [5.74, 6) is 1.99. The quantitative estimate of drug-likeness (QED) is 0.756. The normalized spacial score (nSPS) is 16.4. The molecular weight excluding hydrogens is 328 g/mol. The van der Waals surface area contributed by atoms with Gasteiger partial charge in [0, 0.05) is 23.6 Å². The molecule has 1 amide bonds. The first-order valence-corrected chi connectivity index (χ1v) is 9.72. The molecule has 1 atom stereocenters. The predicted octanol–water partition coefficient (Wildman–Crippen LogP) is 4.66. The molecule has 1 heterocycles. The van der Waals surface area contributed by atoms with Gasteiger partial charge in [0.2, 0.25) is 0 Å². The van der Waals surface area contributed by atoms with E-state index >= 15 is 0 Å². The zero-order valence-corrected chi connectivity index (χ0v) is 15.8. The maximum absolute atomic E-state index is 12.0. The van der Waals surface area contributed by atoms with E-state index in [1.807, 2.05) is 24.4 Å². The second-order valence-corrected chi connectivity index (χ2v) is 7.38. The van der Waals surface area contributed by atoms with Crippen molar-refractivity contribution in [1.82, 2.24) is 10.3 Å². The molecule has 142 valence electrons. The molecule has 1 saturated carbocycles. The van der Waals surface area contributed by atoms with Crippen molar-refractivity contribution in [2.75, 3.05) is 20.3 Å². The van der Waals surface area contributed by atoms with Gasteiger partial charge in [0.1, 0.15) is 5.75 Å². The number of aromatic amines is 1. The Kier molecular flexibility index (Phi) is 6.42. The standard InChI is InChI=1S/C21H30N2O3/c1-15(16-6-4-3-5-7-16)14-26-21(24)22-11-10-17-13-23-20-9-8-18(25-2)12-19(17)20/h8-9,12-13,15-16,23H,3-7,10-11,14H2,1-2H3,(H,22,24). The SMILES string of the molecule is COc1ccc2[nH]cc(CCNC(=O)OCC(C)C3CCCCC3)c2c1. The summed E-state index contributed by atoms with van der Waals surface area (Å²) in [6.07, 6.45) is 8.96. The highest BCUT2D eigenvalue weighted by Gasteiger charge is 2.21. The number of hydrogen-bond acceptors (Lipinski definition) is 3. The highest BCUT2D eigenvalue weighted by molar-refractivity contribution is 5.84. The van der Waals surface area contributed by atoms with Crippen molar-refractivity contribution in [1.29, 1.82) is 0 Å². The van der Waals surface area contributed by atoms with Gasteiger partial charge in [-0.05, 0) is 42.0 Å². The molecule has 5 nitrogen and oxygen atoms in total. The number of methoxy groups -OCH3 is 1. The number of benzene rings is 1. The molecule has 0 radical (unpaired) electrons.